The highest BCUT2D eigenvalue weighted by Gasteiger charge is 2.26. The summed E-state index contributed by atoms with van der Waals surface area (Å²) in [7, 11) is 0. The van der Waals surface area contributed by atoms with Crippen LogP contribution in [0.3, 0.4) is 0 Å². The van der Waals surface area contributed by atoms with Gasteiger partial charge in [0.2, 0.25) is 0 Å². The third-order valence-corrected chi connectivity index (χ3v) is 9.89. The van der Waals surface area contributed by atoms with Crippen LogP contribution < -0.4 is 0 Å². The molecule has 0 N–H and O–H groups in total. The molecule has 8 heteroatoms. The fourth-order valence-electron chi connectivity index (χ4n) is 6.34. The molecule has 0 spiro atoms. The number of hydrogen-bond donors (Lipinski definition) is 0. The average molecular weight is 740 g/mol. The largest absolute Gasteiger partial charge is 0.462 e. The van der Waals surface area contributed by atoms with Crippen LogP contribution in [-0.2, 0) is 9.47 Å². The van der Waals surface area contributed by atoms with Crippen LogP contribution in [0.25, 0.3) is 0 Å². The molecule has 0 fully saturated rings. The summed E-state index contributed by atoms with van der Waals surface area (Å²) in [6, 6.07) is 2.23. The van der Waals surface area contributed by atoms with Crippen LogP contribution in [0.5, 0.6) is 0 Å². The molecule has 1 rings (SSSR count). The first-order valence-electron chi connectivity index (χ1n) is 20.2. The summed E-state index contributed by atoms with van der Waals surface area (Å²) in [5.74, 6) is -1.57. The molecule has 286 valence electrons. The zero-order valence-corrected chi connectivity index (χ0v) is 33.1. The number of halogens is 2. The molecule has 50 heavy (non-hydrogen) atoms. The van der Waals surface area contributed by atoms with Gasteiger partial charge in [-0.05, 0) is 48.2 Å². The van der Waals surface area contributed by atoms with Gasteiger partial charge < -0.3 is 9.47 Å². The molecule has 0 atom stereocenters. The minimum atomic E-state index is -0.942. The van der Waals surface area contributed by atoms with E-state index >= 15 is 0 Å². The number of carbonyl (C=O) groups is 4. The molecule has 6 nitrogen and oxygen atoms in total. The zero-order valence-electron chi connectivity index (χ0n) is 31.6. The summed E-state index contributed by atoms with van der Waals surface area (Å²) in [6.45, 7) is 4.86. The van der Waals surface area contributed by atoms with Crippen LogP contribution in [0.4, 0.5) is 0 Å². The van der Waals surface area contributed by atoms with E-state index in [0.717, 1.165) is 50.7 Å². The topological polar surface area (TPSA) is 86.7 Å². The molecular formula is C42H68Cl2O6. The van der Waals surface area contributed by atoms with E-state index in [2.05, 4.69) is 13.8 Å². The van der Waals surface area contributed by atoms with Crippen molar-refractivity contribution in [2.75, 3.05) is 13.2 Å². The number of hydrogen-bond acceptors (Lipinski definition) is 6. The smallest absolute Gasteiger partial charge is 0.338 e. The van der Waals surface area contributed by atoms with Crippen molar-refractivity contribution in [2.24, 2.45) is 0 Å². The summed E-state index contributed by atoms with van der Waals surface area (Å²) in [4.78, 5) is 50.2. The van der Waals surface area contributed by atoms with Crippen molar-refractivity contribution in [3.63, 3.8) is 0 Å². The molecule has 0 aromatic heterocycles. The third kappa shape index (κ3) is 22.8. The standard InChI is InChI=1S/C42H68Cl2O6/c1-3-5-7-9-11-13-15-17-19-21-23-25-27-29-31-49-41(47)37-33-36(40(44)46)38(34-35(37)39(43)45)42(48)50-32-30-28-26-24-22-20-18-16-14-12-10-8-6-4-2/h33-34H,3-32H2,1-2H3. The molecule has 1 aromatic carbocycles. The normalized spacial score (nSPS) is 11.1. The van der Waals surface area contributed by atoms with E-state index in [1.165, 1.54) is 128 Å². The van der Waals surface area contributed by atoms with Crippen molar-refractivity contribution < 1.29 is 28.7 Å². The van der Waals surface area contributed by atoms with Crippen LogP contribution in [0.15, 0.2) is 12.1 Å². The zero-order chi connectivity index (χ0) is 36.7. The monoisotopic (exact) mass is 738 g/mol. The van der Waals surface area contributed by atoms with E-state index in [4.69, 9.17) is 32.7 Å². The van der Waals surface area contributed by atoms with Crippen LogP contribution in [0.2, 0.25) is 0 Å². The van der Waals surface area contributed by atoms with E-state index < -0.39 is 22.4 Å². The van der Waals surface area contributed by atoms with Crippen molar-refractivity contribution in [1.29, 1.82) is 0 Å². The lowest BCUT2D eigenvalue weighted by Crippen LogP contribution is -2.17. The van der Waals surface area contributed by atoms with Gasteiger partial charge in [-0.15, -0.1) is 0 Å². The highest BCUT2D eigenvalue weighted by Crippen LogP contribution is 2.24. The van der Waals surface area contributed by atoms with Gasteiger partial charge in [0.05, 0.1) is 24.3 Å². The number of carbonyl (C=O) groups excluding carboxylic acids is 4. The Morgan fingerprint density at radius 1 is 0.380 bits per heavy atom. The molecule has 0 aliphatic heterocycles. The first-order chi connectivity index (χ1) is 24.3. The van der Waals surface area contributed by atoms with Crippen LogP contribution in [0, 0.1) is 0 Å². The van der Waals surface area contributed by atoms with Crippen molar-refractivity contribution >= 4 is 45.6 Å². The summed E-state index contributed by atoms with van der Waals surface area (Å²) in [5.41, 5.74) is -0.823. The predicted molar refractivity (Wildman–Crippen MR) is 208 cm³/mol. The van der Waals surface area contributed by atoms with Gasteiger partial charge >= 0.3 is 11.9 Å². The SMILES string of the molecule is CCCCCCCCCCCCCCCCOC(=O)c1cc(C(=O)Cl)c(C(=O)OCCCCCCCCCCCCCCCC)cc1C(=O)Cl. The number of unbranched alkanes of at least 4 members (excludes halogenated alkanes) is 26. The molecule has 0 saturated heterocycles. The lowest BCUT2D eigenvalue weighted by Gasteiger charge is -2.12. The van der Waals surface area contributed by atoms with Gasteiger partial charge in [0.25, 0.3) is 10.5 Å². The van der Waals surface area contributed by atoms with Gasteiger partial charge in [-0.2, -0.15) is 0 Å². The summed E-state index contributed by atoms with van der Waals surface area (Å²) < 4.78 is 10.8. The average Bonchev–Trinajstić information content (AvgIpc) is 3.10. The second-order valence-electron chi connectivity index (χ2n) is 14.0. The van der Waals surface area contributed by atoms with E-state index in [1.807, 2.05) is 0 Å². The highest BCUT2D eigenvalue weighted by atomic mass is 35.5. The molecule has 0 bridgehead atoms. The number of ether oxygens (including phenoxy) is 2. The fraction of sp³-hybridized carbons (Fsp3) is 0.762. The molecule has 1 aromatic rings. The van der Waals surface area contributed by atoms with Gasteiger partial charge in [-0.1, -0.05) is 181 Å². The van der Waals surface area contributed by atoms with E-state index in [9.17, 15) is 19.2 Å². The first-order valence-corrected chi connectivity index (χ1v) is 21.0. The summed E-state index contributed by atoms with van der Waals surface area (Å²) in [6.07, 6.45) is 34.1. The number of esters is 2. The van der Waals surface area contributed by atoms with Crippen LogP contribution in [-0.4, -0.2) is 35.6 Å². The summed E-state index contributed by atoms with van der Waals surface area (Å²) >= 11 is 11.6. The molecule has 0 saturated carbocycles. The van der Waals surface area contributed by atoms with Crippen molar-refractivity contribution in [2.45, 2.75) is 194 Å². The molecule has 0 aliphatic carbocycles. The second kappa shape index (κ2) is 31.8. The minimum Gasteiger partial charge on any atom is -0.462 e. The molecule has 0 amide bonds. The Bertz CT molecular complexity index is 989. The molecule has 0 aliphatic rings. The Kier molecular flexibility index (Phi) is 29.3. The predicted octanol–water partition coefficient (Wildman–Crippen LogP) is 13.7. The van der Waals surface area contributed by atoms with Crippen LogP contribution in [0.1, 0.15) is 235 Å². The van der Waals surface area contributed by atoms with Gasteiger partial charge in [-0.3, -0.25) is 9.59 Å². The first kappa shape index (κ1) is 46.1. The lowest BCUT2D eigenvalue weighted by molar-refractivity contribution is 0.0480. The number of rotatable bonds is 34. The van der Waals surface area contributed by atoms with Gasteiger partial charge in [0.1, 0.15) is 0 Å². The molecule has 0 heterocycles. The Morgan fingerprint density at radius 2 is 0.600 bits per heavy atom. The van der Waals surface area contributed by atoms with Gasteiger partial charge in [0.15, 0.2) is 0 Å². The Balaban J connectivity index is 2.35. The fourth-order valence-corrected chi connectivity index (χ4v) is 6.65. The highest BCUT2D eigenvalue weighted by molar-refractivity contribution is 6.69. The Morgan fingerprint density at radius 3 is 0.820 bits per heavy atom. The van der Waals surface area contributed by atoms with E-state index in [-0.39, 0.29) is 35.5 Å². The Labute approximate surface area is 314 Å². The maximum Gasteiger partial charge on any atom is 0.338 e. The van der Waals surface area contributed by atoms with E-state index in [0.29, 0.717) is 12.8 Å². The lowest BCUT2D eigenvalue weighted by atomic mass is 9.99. The second-order valence-corrected chi connectivity index (χ2v) is 14.6. The van der Waals surface area contributed by atoms with Crippen LogP contribution >= 0.6 is 23.2 Å². The maximum atomic E-state index is 12.9. The van der Waals surface area contributed by atoms with Gasteiger partial charge in [-0.25, -0.2) is 9.59 Å². The van der Waals surface area contributed by atoms with Gasteiger partial charge in [0, 0.05) is 11.1 Å². The molecule has 0 radical (unpaired) electrons. The van der Waals surface area contributed by atoms with Crippen molar-refractivity contribution in [1.82, 2.24) is 0 Å². The third-order valence-electron chi connectivity index (χ3n) is 9.48. The summed E-state index contributed by atoms with van der Waals surface area (Å²) in [5, 5.41) is -1.88. The van der Waals surface area contributed by atoms with Crippen molar-refractivity contribution in [3.05, 3.63) is 34.4 Å². The number of benzene rings is 1. The van der Waals surface area contributed by atoms with E-state index in [1.54, 1.807) is 0 Å². The molecular weight excluding hydrogens is 671 g/mol. The minimum absolute atomic E-state index is 0.180. The quantitative estimate of drug-likeness (QED) is 0.0397. The maximum absolute atomic E-state index is 12.9. The Hall–Kier alpha value is -1.92. The van der Waals surface area contributed by atoms with Crippen molar-refractivity contribution in [3.8, 4) is 0 Å². The molecule has 0 unspecified atom stereocenters.